The zero-order chi connectivity index (χ0) is 12.8. The molecule has 0 saturated heterocycles. The van der Waals surface area contributed by atoms with Crippen LogP contribution < -0.4 is 5.32 Å². The van der Waals surface area contributed by atoms with Crippen molar-refractivity contribution >= 4 is 0 Å². The second kappa shape index (κ2) is 6.76. The lowest BCUT2D eigenvalue weighted by Gasteiger charge is -2.23. The number of rotatable bonds is 6. The standard InChI is InChI=1S/C15H24N2O/c1-17(14-6-2-3-7-14)10-9-16-12-13-5-4-8-15(18)11-13/h4-5,8,11,14,16,18H,2-3,6-7,9-10,12H2,1H3. The van der Waals surface area contributed by atoms with Gasteiger partial charge in [0.1, 0.15) is 5.75 Å². The molecule has 18 heavy (non-hydrogen) atoms. The Morgan fingerprint density at radius 1 is 1.33 bits per heavy atom. The summed E-state index contributed by atoms with van der Waals surface area (Å²) in [6.07, 6.45) is 5.52. The van der Waals surface area contributed by atoms with E-state index in [1.165, 1.54) is 25.7 Å². The molecular weight excluding hydrogens is 224 g/mol. The van der Waals surface area contributed by atoms with Crippen LogP contribution in [0, 0.1) is 0 Å². The maximum absolute atomic E-state index is 9.37. The number of aromatic hydroxyl groups is 1. The molecule has 1 aromatic rings. The van der Waals surface area contributed by atoms with Crippen LogP contribution in [0.5, 0.6) is 5.75 Å². The van der Waals surface area contributed by atoms with Crippen molar-refractivity contribution in [3.63, 3.8) is 0 Å². The maximum Gasteiger partial charge on any atom is 0.115 e. The van der Waals surface area contributed by atoms with Gasteiger partial charge in [-0.2, -0.15) is 0 Å². The van der Waals surface area contributed by atoms with E-state index in [0.29, 0.717) is 5.75 Å². The number of phenolic OH excluding ortho intramolecular Hbond substituents is 1. The predicted octanol–water partition coefficient (Wildman–Crippen LogP) is 2.36. The van der Waals surface area contributed by atoms with Gasteiger partial charge in [-0.15, -0.1) is 0 Å². The maximum atomic E-state index is 9.37. The topological polar surface area (TPSA) is 35.5 Å². The van der Waals surface area contributed by atoms with Crippen molar-refractivity contribution in [3.8, 4) is 5.75 Å². The zero-order valence-electron chi connectivity index (χ0n) is 11.2. The Labute approximate surface area is 110 Å². The fraction of sp³-hybridized carbons (Fsp3) is 0.600. The Kier molecular flexibility index (Phi) is 5.02. The summed E-state index contributed by atoms with van der Waals surface area (Å²) >= 11 is 0. The molecule has 3 nitrogen and oxygen atoms in total. The van der Waals surface area contributed by atoms with Gasteiger partial charge in [-0.1, -0.05) is 25.0 Å². The molecular formula is C15H24N2O. The van der Waals surface area contributed by atoms with Gasteiger partial charge in [0, 0.05) is 25.7 Å². The van der Waals surface area contributed by atoms with Gasteiger partial charge in [0.2, 0.25) is 0 Å². The lowest BCUT2D eigenvalue weighted by atomic mass is 10.2. The van der Waals surface area contributed by atoms with Crippen LogP contribution in [0.25, 0.3) is 0 Å². The van der Waals surface area contributed by atoms with Crippen molar-refractivity contribution in [2.45, 2.75) is 38.3 Å². The molecule has 0 radical (unpaired) electrons. The van der Waals surface area contributed by atoms with E-state index in [0.717, 1.165) is 31.2 Å². The fourth-order valence-corrected chi connectivity index (χ4v) is 2.68. The minimum Gasteiger partial charge on any atom is -0.508 e. The molecule has 0 unspecified atom stereocenters. The third-order valence-electron chi connectivity index (χ3n) is 3.83. The number of nitrogens with one attached hydrogen (secondary N) is 1. The molecule has 0 amide bonds. The second-order valence-corrected chi connectivity index (χ2v) is 5.27. The first kappa shape index (κ1) is 13.4. The van der Waals surface area contributed by atoms with Crippen molar-refractivity contribution in [1.82, 2.24) is 10.2 Å². The second-order valence-electron chi connectivity index (χ2n) is 5.27. The Balaban J connectivity index is 1.63. The Morgan fingerprint density at radius 2 is 2.11 bits per heavy atom. The fourth-order valence-electron chi connectivity index (χ4n) is 2.68. The van der Waals surface area contributed by atoms with Crippen molar-refractivity contribution in [3.05, 3.63) is 29.8 Å². The molecule has 0 aliphatic heterocycles. The van der Waals surface area contributed by atoms with Gasteiger partial charge in [0.15, 0.2) is 0 Å². The Bertz CT molecular complexity index is 361. The molecule has 1 aromatic carbocycles. The Hall–Kier alpha value is -1.06. The van der Waals surface area contributed by atoms with E-state index >= 15 is 0 Å². The highest BCUT2D eigenvalue weighted by Crippen LogP contribution is 2.21. The minimum absolute atomic E-state index is 0.345. The summed E-state index contributed by atoms with van der Waals surface area (Å²) < 4.78 is 0. The number of hydrogen-bond acceptors (Lipinski definition) is 3. The molecule has 1 aliphatic carbocycles. The normalized spacial score (nSPS) is 16.6. The summed E-state index contributed by atoms with van der Waals surface area (Å²) in [7, 11) is 2.23. The zero-order valence-corrected chi connectivity index (χ0v) is 11.2. The van der Waals surface area contributed by atoms with Gasteiger partial charge in [-0.3, -0.25) is 0 Å². The summed E-state index contributed by atoms with van der Waals surface area (Å²) in [5.41, 5.74) is 1.14. The molecule has 0 atom stereocenters. The van der Waals surface area contributed by atoms with Gasteiger partial charge >= 0.3 is 0 Å². The largest absolute Gasteiger partial charge is 0.508 e. The van der Waals surface area contributed by atoms with E-state index in [1.807, 2.05) is 18.2 Å². The predicted molar refractivity (Wildman–Crippen MR) is 74.7 cm³/mol. The van der Waals surface area contributed by atoms with E-state index < -0.39 is 0 Å². The van der Waals surface area contributed by atoms with Crippen LogP contribution in [0.2, 0.25) is 0 Å². The van der Waals surface area contributed by atoms with Crippen molar-refractivity contribution in [2.24, 2.45) is 0 Å². The summed E-state index contributed by atoms with van der Waals surface area (Å²) in [5, 5.41) is 12.8. The van der Waals surface area contributed by atoms with E-state index in [9.17, 15) is 5.11 Å². The minimum atomic E-state index is 0.345. The molecule has 2 rings (SSSR count). The molecule has 3 heteroatoms. The lowest BCUT2D eigenvalue weighted by molar-refractivity contribution is 0.245. The quantitative estimate of drug-likeness (QED) is 0.759. The first-order valence-electron chi connectivity index (χ1n) is 6.94. The third-order valence-corrected chi connectivity index (χ3v) is 3.83. The molecule has 0 aromatic heterocycles. The Morgan fingerprint density at radius 3 is 2.83 bits per heavy atom. The molecule has 0 heterocycles. The number of likely N-dealkylation sites (N-methyl/N-ethyl adjacent to an activating group) is 1. The first-order valence-corrected chi connectivity index (χ1v) is 6.94. The van der Waals surface area contributed by atoms with Gasteiger partial charge in [0.25, 0.3) is 0 Å². The molecule has 1 fully saturated rings. The molecule has 1 saturated carbocycles. The van der Waals surface area contributed by atoms with Gasteiger partial charge in [-0.05, 0) is 37.6 Å². The molecule has 0 spiro atoms. The van der Waals surface area contributed by atoms with E-state index in [2.05, 4.69) is 17.3 Å². The van der Waals surface area contributed by atoms with Gasteiger partial charge < -0.3 is 15.3 Å². The smallest absolute Gasteiger partial charge is 0.115 e. The van der Waals surface area contributed by atoms with E-state index in [4.69, 9.17) is 0 Å². The van der Waals surface area contributed by atoms with Crippen molar-refractivity contribution in [2.75, 3.05) is 20.1 Å². The lowest BCUT2D eigenvalue weighted by Crippen LogP contribution is -2.35. The van der Waals surface area contributed by atoms with Crippen molar-refractivity contribution < 1.29 is 5.11 Å². The summed E-state index contributed by atoms with van der Waals surface area (Å²) in [6.45, 7) is 2.93. The molecule has 1 aliphatic rings. The molecule has 2 N–H and O–H groups in total. The van der Waals surface area contributed by atoms with Crippen LogP contribution in [0.4, 0.5) is 0 Å². The number of hydrogen-bond donors (Lipinski definition) is 2. The molecule has 0 bridgehead atoms. The summed E-state index contributed by atoms with van der Waals surface area (Å²) in [4.78, 5) is 2.47. The average molecular weight is 248 g/mol. The number of nitrogens with zero attached hydrogens (tertiary/aromatic N) is 1. The van der Waals surface area contributed by atoms with Gasteiger partial charge in [0.05, 0.1) is 0 Å². The highest BCUT2D eigenvalue weighted by Gasteiger charge is 2.18. The van der Waals surface area contributed by atoms with E-state index in [-0.39, 0.29) is 0 Å². The third kappa shape index (κ3) is 4.00. The average Bonchev–Trinajstić information content (AvgIpc) is 2.88. The molecule has 100 valence electrons. The monoisotopic (exact) mass is 248 g/mol. The number of phenols is 1. The number of benzene rings is 1. The van der Waals surface area contributed by atoms with Gasteiger partial charge in [-0.25, -0.2) is 0 Å². The van der Waals surface area contributed by atoms with Crippen LogP contribution in [0.3, 0.4) is 0 Å². The highest BCUT2D eigenvalue weighted by molar-refractivity contribution is 5.26. The van der Waals surface area contributed by atoms with Crippen LogP contribution in [-0.4, -0.2) is 36.2 Å². The van der Waals surface area contributed by atoms with Crippen LogP contribution >= 0.6 is 0 Å². The summed E-state index contributed by atoms with van der Waals surface area (Å²) in [5.74, 6) is 0.345. The first-order chi connectivity index (χ1) is 8.75. The summed E-state index contributed by atoms with van der Waals surface area (Å²) in [6, 6.07) is 8.24. The SMILES string of the molecule is CN(CCNCc1cccc(O)c1)C1CCCC1. The van der Waals surface area contributed by atoms with Crippen LogP contribution in [0.1, 0.15) is 31.2 Å². The van der Waals surface area contributed by atoms with Crippen molar-refractivity contribution in [1.29, 1.82) is 0 Å². The highest BCUT2D eigenvalue weighted by atomic mass is 16.3. The van der Waals surface area contributed by atoms with Crippen LogP contribution in [0.15, 0.2) is 24.3 Å². The van der Waals surface area contributed by atoms with E-state index in [1.54, 1.807) is 6.07 Å². The van der Waals surface area contributed by atoms with Crippen LogP contribution in [-0.2, 0) is 6.54 Å².